The van der Waals surface area contributed by atoms with Gasteiger partial charge in [-0.1, -0.05) is 6.07 Å². The summed E-state index contributed by atoms with van der Waals surface area (Å²) in [6.07, 6.45) is 3.11. The summed E-state index contributed by atoms with van der Waals surface area (Å²) in [5, 5.41) is 0. The Hall–Kier alpha value is -1.68. The number of carbonyl (C=O) groups is 1. The highest BCUT2D eigenvalue weighted by Gasteiger charge is 2.37. The third-order valence-corrected chi connectivity index (χ3v) is 8.03. The highest BCUT2D eigenvalue weighted by atomic mass is 32.2. The Labute approximate surface area is 178 Å². The second kappa shape index (κ2) is 8.82. The number of fused-ring (bicyclic) bond motifs is 1. The first-order chi connectivity index (χ1) is 14.3. The molecule has 1 amide bonds. The summed E-state index contributed by atoms with van der Waals surface area (Å²) in [7, 11) is -3.54. The van der Waals surface area contributed by atoms with Crippen LogP contribution in [0.25, 0.3) is 0 Å². The lowest BCUT2D eigenvalue weighted by Crippen LogP contribution is -2.58. The van der Waals surface area contributed by atoms with Gasteiger partial charge in [-0.2, -0.15) is 17.0 Å². The van der Waals surface area contributed by atoms with Gasteiger partial charge in [0.1, 0.15) is 5.75 Å². The molecule has 2 atom stereocenters. The van der Waals surface area contributed by atoms with Crippen LogP contribution in [-0.4, -0.2) is 85.9 Å². The number of ether oxygens (including phenoxy) is 2. The molecular formula is C21H31N3O5S. The van der Waals surface area contributed by atoms with E-state index in [1.807, 2.05) is 26.0 Å². The zero-order valence-electron chi connectivity index (χ0n) is 17.7. The first-order valence-electron chi connectivity index (χ1n) is 10.8. The molecule has 0 spiro atoms. The molecule has 0 aromatic heterocycles. The first-order valence-corrected chi connectivity index (χ1v) is 12.2. The number of rotatable bonds is 5. The van der Waals surface area contributed by atoms with E-state index in [0.717, 1.165) is 18.6 Å². The van der Waals surface area contributed by atoms with Gasteiger partial charge < -0.3 is 14.4 Å². The van der Waals surface area contributed by atoms with E-state index in [1.54, 1.807) is 4.90 Å². The Morgan fingerprint density at radius 2 is 1.70 bits per heavy atom. The van der Waals surface area contributed by atoms with Gasteiger partial charge in [0.2, 0.25) is 0 Å². The van der Waals surface area contributed by atoms with Crippen LogP contribution in [0.5, 0.6) is 5.75 Å². The Morgan fingerprint density at radius 1 is 1.03 bits per heavy atom. The van der Waals surface area contributed by atoms with Crippen molar-refractivity contribution in [1.29, 1.82) is 0 Å². The fourth-order valence-corrected chi connectivity index (χ4v) is 6.27. The van der Waals surface area contributed by atoms with Gasteiger partial charge in [0.25, 0.3) is 16.1 Å². The summed E-state index contributed by atoms with van der Waals surface area (Å²) < 4.78 is 40.3. The lowest BCUT2D eigenvalue weighted by molar-refractivity contribution is -0.134. The van der Waals surface area contributed by atoms with Gasteiger partial charge in [0.15, 0.2) is 6.61 Å². The molecule has 0 bridgehead atoms. The van der Waals surface area contributed by atoms with Crippen LogP contribution in [0.4, 0.5) is 0 Å². The monoisotopic (exact) mass is 437 g/mol. The van der Waals surface area contributed by atoms with Crippen LogP contribution in [0.15, 0.2) is 18.2 Å². The summed E-state index contributed by atoms with van der Waals surface area (Å²) in [4.78, 5) is 14.2. The third kappa shape index (κ3) is 4.64. The molecule has 8 nitrogen and oxygen atoms in total. The highest BCUT2D eigenvalue weighted by Crippen LogP contribution is 2.26. The average Bonchev–Trinajstić information content (AvgIpc) is 3.19. The van der Waals surface area contributed by atoms with Gasteiger partial charge in [-0.3, -0.25) is 4.79 Å². The molecule has 2 aliphatic heterocycles. The van der Waals surface area contributed by atoms with E-state index in [1.165, 1.54) is 26.2 Å². The second-order valence-electron chi connectivity index (χ2n) is 8.43. The SMILES string of the molecule is CC1CN(S(=O)(=O)N2CCN(C(=O)COc3ccc4c(c3)CCC4)CC2)CC(C)O1. The van der Waals surface area contributed by atoms with Crippen molar-refractivity contribution in [3.8, 4) is 5.75 Å². The molecule has 1 aromatic rings. The van der Waals surface area contributed by atoms with Gasteiger partial charge in [-0.25, -0.2) is 0 Å². The lowest BCUT2D eigenvalue weighted by Gasteiger charge is -2.40. The third-order valence-electron chi connectivity index (χ3n) is 6.06. The van der Waals surface area contributed by atoms with Crippen LogP contribution in [0, 0.1) is 0 Å². The molecule has 0 N–H and O–H groups in total. The molecule has 30 heavy (non-hydrogen) atoms. The minimum Gasteiger partial charge on any atom is -0.484 e. The normalized spacial score (nSPS) is 25.9. The van der Waals surface area contributed by atoms with Crippen LogP contribution in [-0.2, 0) is 32.6 Å². The molecule has 4 rings (SSSR count). The standard InChI is InChI=1S/C21H31N3O5S/c1-16-13-24(14-17(2)29-16)30(26,27)23-10-8-22(9-11-23)21(25)15-28-20-7-6-18-4-3-5-19(18)12-20/h6-7,12,16-17H,3-5,8-11,13-15H2,1-2H3. The highest BCUT2D eigenvalue weighted by molar-refractivity contribution is 7.86. The van der Waals surface area contributed by atoms with E-state index in [0.29, 0.717) is 39.3 Å². The van der Waals surface area contributed by atoms with E-state index >= 15 is 0 Å². The maximum atomic E-state index is 13.0. The van der Waals surface area contributed by atoms with E-state index in [2.05, 4.69) is 6.07 Å². The summed E-state index contributed by atoms with van der Waals surface area (Å²) in [6.45, 7) is 5.82. The fourth-order valence-electron chi connectivity index (χ4n) is 4.52. The van der Waals surface area contributed by atoms with Crippen LogP contribution in [0.3, 0.4) is 0 Å². The van der Waals surface area contributed by atoms with Crippen LogP contribution in [0.1, 0.15) is 31.4 Å². The molecule has 2 fully saturated rings. The van der Waals surface area contributed by atoms with Gasteiger partial charge in [0, 0.05) is 39.3 Å². The van der Waals surface area contributed by atoms with E-state index in [-0.39, 0.29) is 24.7 Å². The smallest absolute Gasteiger partial charge is 0.282 e. The molecule has 1 aliphatic carbocycles. The predicted molar refractivity (Wildman–Crippen MR) is 113 cm³/mol. The molecule has 2 unspecified atom stereocenters. The van der Waals surface area contributed by atoms with Gasteiger partial charge >= 0.3 is 0 Å². The van der Waals surface area contributed by atoms with Crippen LogP contribution >= 0.6 is 0 Å². The number of nitrogens with zero attached hydrogens (tertiary/aromatic N) is 3. The van der Waals surface area contributed by atoms with Crippen molar-refractivity contribution in [2.24, 2.45) is 0 Å². The second-order valence-corrected chi connectivity index (χ2v) is 10.4. The Morgan fingerprint density at radius 3 is 2.40 bits per heavy atom. The Bertz CT molecular complexity index is 873. The molecule has 3 aliphatic rings. The van der Waals surface area contributed by atoms with Crippen molar-refractivity contribution in [2.75, 3.05) is 45.9 Å². The predicted octanol–water partition coefficient (Wildman–Crippen LogP) is 1.05. The van der Waals surface area contributed by atoms with Crippen molar-refractivity contribution in [3.05, 3.63) is 29.3 Å². The van der Waals surface area contributed by atoms with Crippen LogP contribution < -0.4 is 4.74 Å². The number of carbonyl (C=O) groups excluding carboxylic acids is 1. The Kier molecular flexibility index (Phi) is 6.34. The van der Waals surface area contributed by atoms with Crippen LogP contribution in [0.2, 0.25) is 0 Å². The molecule has 2 heterocycles. The quantitative estimate of drug-likeness (QED) is 0.688. The summed E-state index contributed by atoms with van der Waals surface area (Å²) >= 11 is 0. The van der Waals surface area contributed by atoms with Crippen molar-refractivity contribution in [2.45, 2.75) is 45.3 Å². The number of hydrogen-bond donors (Lipinski definition) is 0. The first kappa shape index (κ1) is 21.5. The maximum absolute atomic E-state index is 13.0. The lowest BCUT2D eigenvalue weighted by atomic mass is 10.1. The molecule has 166 valence electrons. The number of aryl methyl sites for hydroxylation is 2. The largest absolute Gasteiger partial charge is 0.484 e. The van der Waals surface area contributed by atoms with E-state index < -0.39 is 10.2 Å². The Balaban J connectivity index is 1.28. The molecule has 2 saturated heterocycles. The average molecular weight is 438 g/mol. The molecule has 0 saturated carbocycles. The summed E-state index contributed by atoms with van der Waals surface area (Å²) in [5.41, 5.74) is 2.68. The number of benzene rings is 1. The minimum absolute atomic E-state index is 0.0238. The van der Waals surface area contributed by atoms with Crippen molar-refractivity contribution >= 4 is 16.1 Å². The van der Waals surface area contributed by atoms with Crippen molar-refractivity contribution in [1.82, 2.24) is 13.5 Å². The number of piperazine rings is 1. The van der Waals surface area contributed by atoms with Crippen molar-refractivity contribution < 1.29 is 22.7 Å². The van der Waals surface area contributed by atoms with Gasteiger partial charge in [0.05, 0.1) is 12.2 Å². The molecule has 9 heteroatoms. The topological polar surface area (TPSA) is 79.4 Å². The van der Waals surface area contributed by atoms with Crippen molar-refractivity contribution in [3.63, 3.8) is 0 Å². The number of morpholine rings is 1. The van der Waals surface area contributed by atoms with E-state index in [4.69, 9.17) is 9.47 Å². The molecule has 0 radical (unpaired) electrons. The van der Waals surface area contributed by atoms with Gasteiger partial charge in [-0.15, -0.1) is 0 Å². The maximum Gasteiger partial charge on any atom is 0.282 e. The summed E-state index contributed by atoms with van der Waals surface area (Å²) in [6, 6.07) is 6.04. The van der Waals surface area contributed by atoms with E-state index in [9.17, 15) is 13.2 Å². The van der Waals surface area contributed by atoms with Gasteiger partial charge in [-0.05, 0) is 56.4 Å². The zero-order valence-corrected chi connectivity index (χ0v) is 18.6. The zero-order chi connectivity index (χ0) is 21.3. The fraction of sp³-hybridized carbons (Fsp3) is 0.667. The summed E-state index contributed by atoms with van der Waals surface area (Å²) in [5.74, 6) is 0.613. The minimum atomic E-state index is -3.54. The number of hydrogen-bond acceptors (Lipinski definition) is 5. The molecule has 1 aromatic carbocycles. The molecular weight excluding hydrogens is 406 g/mol. The number of amides is 1.